The smallest absolute Gasteiger partial charge is 0.352 e. The van der Waals surface area contributed by atoms with Crippen molar-refractivity contribution < 1.29 is 14.6 Å². The highest BCUT2D eigenvalue weighted by molar-refractivity contribution is 5.85. The first kappa shape index (κ1) is 17.6. The average Bonchev–Trinajstić information content (AvgIpc) is 2.94. The van der Waals surface area contributed by atoms with Crippen LogP contribution in [0.1, 0.15) is 81.6 Å². The average molecular weight is 295 g/mol. The number of nitrogens with one attached hydrogen (secondary N) is 1. The van der Waals surface area contributed by atoms with Gasteiger partial charge in [0.05, 0.1) is 6.61 Å². The number of aromatic amines is 1. The summed E-state index contributed by atoms with van der Waals surface area (Å²) in [7, 11) is 0. The number of carboxylic acid groups (broad SMARTS) is 1. The number of unbranched alkanes of at least 4 members (excludes halogenated alkanes) is 9. The van der Waals surface area contributed by atoms with Crippen LogP contribution in [0.2, 0.25) is 0 Å². The first-order valence-electron chi connectivity index (χ1n) is 8.28. The van der Waals surface area contributed by atoms with Gasteiger partial charge in [-0.15, -0.1) is 0 Å². The molecule has 0 bridgehead atoms. The fourth-order valence-corrected chi connectivity index (χ4v) is 2.36. The molecule has 0 aliphatic carbocycles. The van der Waals surface area contributed by atoms with Gasteiger partial charge in [-0.3, -0.25) is 0 Å². The highest BCUT2D eigenvalue weighted by Crippen LogP contribution is 2.14. The summed E-state index contributed by atoms with van der Waals surface area (Å²) >= 11 is 0. The van der Waals surface area contributed by atoms with Crippen LogP contribution in [-0.2, 0) is 0 Å². The van der Waals surface area contributed by atoms with Crippen molar-refractivity contribution in [1.29, 1.82) is 0 Å². The Labute approximate surface area is 127 Å². The van der Waals surface area contributed by atoms with E-state index in [0.717, 1.165) is 6.42 Å². The first-order chi connectivity index (χ1) is 10.2. The topological polar surface area (TPSA) is 62.3 Å². The van der Waals surface area contributed by atoms with Crippen molar-refractivity contribution in [2.75, 3.05) is 6.61 Å². The van der Waals surface area contributed by atoms with Crippen molar-refractivity contribution in [1.82, 2.24) is 4.98 Å². The Kier molecular flexibility index (Phi) is 9.42. The Morgan fingerprint density at radius 3 is 2.14 bits per heavy atom. The Morgan fingerprint density at radius 2 is 1.62 bits per heavy atom. The molecule has 0 radical (unpaired) electrons. The van der Waals surface area contributed by atoms with Crippen LogP contribution in [-0.4, -0.2) is 22.7 Å². The van der Waals surface area contributed by atoms with Crippen LogP contribution in [0, 0.1) is 0 Å². The van der Waals surface area contributed by atoms with E-state index in [4.69, 9.17) is 9.84 Å². The number of H-pyrrole nitrogens is 1. The Bertz CT molecular complexity index is 387. The van der Waals surface area contributed by atoms with Gasteiger partial charge in [-0.05, 0) is 6.42 Å². The van der Waals surface area contributed by atoms with Crippen LogP contribution in [0.25, 0.3) is 0 Å². The number of hydrogen-bond donors (Lipinski definition) is 2. The zero-order valence-corrected chi connectivity index (χ0v) is 13.2. The first-order valence-corrected chi connectivity index (χ1v) is 8.28. The lowest BCUT2D eigenvalue weighted by Crippen LogP contribution is -1.97. The predicted octanol–water partition coefficient (Wildman–Crippen LogP) is 5.01. The molecule has 0 aliphatic rings. The minimum atomic E-state index is -0.955. The molecule has 0 fully saturated rings. The molecule has 1 heterocycles. The molecule has 0 atom stereocenters. The number of rotatable bonds is 13. The third-order valence-corrected chi connectivity index (χ3v) is 3.65. The van der Waals surface area contributed by atoms with Gasteiger partial charge >= 0.3 is 5.97 Å². The fraction of sp³-hybridized carbons (Fsp3) is 0.706. The van der Waals surface area contributed by atoms with Gasteiger partial charge in [0.25, 0.3) is 0 Å². The van der Waals surface area contributed by atoms with Gasteiger partial charge in [-0.25, -0.2) is 4.79 Å². The molecule has 4 heteroatoms. The normalized spacial score (nSPS) is 10.7. The number of ether oxygens (including phenoxy) is 1. The number of carbonyl (C=O) groups is 1. The van der Waals surface area contributed by atoms with Gasteiger partial charge in [-0.1, -0.05) is 64.7 Å². The Hall–Kier alpha value is -1.45. The molecule has 0 aliphatic heterocycles. The van der Waals surface area contributed by atoms with E-state index in [1.54, 1.807) is 6.20 Å². The molecule has 1 aromatic heterocycles. The molecule has 21 heavy (non-hydrogen) atoms. The maximum Gasteiger partial charge on any atom is 0.352 e. The van der Waals surface area contributed by atoms with Crippen LogP contribution in [0.4, 0.5) is 0 Å². The maximum absolute atomic E-state index is 10.7. The molecule has 1 rings (SSSR count). The molecule has 0 unspecified atom stereocenters. The molecule has 0 amide bonds. The molecule has 120 valence electrons. The maximum atomic E-state index is 10.7. The predicted molar refractivity (Wildman–Crippen MR) is 85.1 cm³/mol. The lowest BCUT2D eigenvalue weighted by atomic mass is 10.1. The second-order valence-corrected chi connectivity index (χ2v) is 5.58. The monoisotopic (exact) mass is 295 g/mol. The van der Waals surface area contributed by atoms with Gasteiger partial charge in [0.15, 0.2) is 0 Å². The van der Waals surface area contributed by atoms with Crippen molar-refractivity contribution in [2.45, 2.75) is 71.1 Å². The lowest BCUT2D eigenvalue weighted by Gasteiger charge is -2.04. The molecule has 2 N–H and O–H groups in total. The minimum absolute atomic E-state index is 0.174. The molecule has 4 nitrogen and oxygen atoms in total. The van der Waals surface area contributed by atoms with Crippen LogP contribution in [0.5, 0.6) is 5.75 Å². The summed E-state index contributed by atoms with van der Waals surface area (Å²) in [6.07, 6.45) is 14.6. The van der Waals surface area contributed by atoms with Crippen LogP contribution < -0.4 is 4.74 Å². The van der Waals surface area contributed by atoms with Crippen LogP contribution >= 0.6 is 0 Å². The number of hydrogen-bond acceptors (Lipinski definition) is 2. The standard InChI is InChI=1S/C17H29NO3/c1-2-3-4-5-6-7-8-9-10-11-12-21-15-13-16(17(19)20)18-14-15/h13-14,18H,2-12H2,1H3,(H,19,20). The minimum Gasteiger partial charge on any atom is -0.492 e. The van der Waals surface area contributed by atoms with Crippen LogP contribution in [0.3, 0.4) is 0 Å². The second-order valence-electron chi connectivity index (χ2n) is 5.58. The van der Waals surface area contributed by atoms with E-state index in [2.05, 4.69) is 11.9 Å². The van der Waals surface area contributed by atoms with E-state index >= 15 is 0 Å². The molecule has 0 aromatic carbocycles. The van der Waals surface area contributed by atoms with Crippen molar-refractivity contribution in [3.63, 3.8) is 0 Å². The van der Waals surface area contributed by atoms with Gasteiger partial charge in [-0.2, -0.15) is 0 Å². The highest BCUT2D eigenvalue weighted by Gasteiger charge is 2.06. The van der Waals surface area contributed by atoms with E-state index in [1.165, 1.54) is 63.9 Å². The third kappa shape index (κ3) is 8.43. The van der Waals surface area contributed by atoms with Gasteiger partial charge in [0.2, 0.25) is 0 Å². The lowest BCUT2D eigenvalue weighted by molar-refractivity contribution is 0.0691. The second kappa shape index (κ2) is 11.2. The molecule has 0 saturated heterocycles. The molecule has 0 saturated carbocycles. The van der Waals surface area contributed by atoms with E-state index < -0.39 is 5.97 Å². The molecular weight excluding hydrogens is 266 g/mol. The van der Waals surface area contributed by atoms with Crippen molar-refractivity contribution in [3.8, 4) is 5.75 Å². The number of aromatic carboxylic acids is 1. The largest absolute Gasteiger partial charge is 0.492 e. The summed E-state index contributed by atoms with van der Waals surface area (Å²) in [5.74, 6) is -0.341. The third-order valence-electron chi connectivity index (χ3n) is 3.65. The van der Waals surface area contributed by atoms with E-state index in [9.17, 15) is 4.79 Å². The zero-order valence-electron chi connectivity index (χ0n) is 13.2. The summed E-state index contributed by atoms with van der Waals surface area (Å²) < 4.78 is 5.51. The van der Waals surface area contributed by atoms with Crippen LogP contribution in [0.15, 0.2) is 12.3 Å². The van der Waals surface area contributed by atoms with Gasteiger partial charge < -0.3 is 14.8 Å². The Balaban J connectivity index is 1.89. The fourth-order valence-electron chi connectivity index (χ4n) is 2.36. The Morgan fingerprint density at radius 1 is 1.05 bits per heavy atom. The zero-order chi connectivity index (χ0) is 15.3. The summed E-state index contributed by atoms with van der Waals surface area (Å²) in [6, 6.07) is 1.53. The van der Waals surface area contributed by atoms with Gasteiger partial charge in [0, 0.05) is 12.3 Å². The molecule has 0 spiro atoms. The molecule has 1 aromatic rings. The summed E-state index contributed by atoms with van der Waals surface area (Å²) in [5.41, 5.74) is 0.174. The quantitative estimate of drug-likeness (QED) is 0.503. The summed E-state index contributed by atoms with van der Waals surface area (Å²) in [6.45, 7) is 2.91. The van der Waals surface area contributed by atoms with Crippen molar-refractivity contribution >= 4 is 5.97 Å². The van der Waals surface area contributed by atoms with E-state index in [0.29, 0.717) is 12.4 Å². The summed E-state index contributed by atoms with van der Waals surface area (Å²) in [5, 5.41) is 8.77. The number of carboxylic acids is 1. The highest BCUT2D eigenvalue weighted by atomic mass is 16.5. The number of aromatic nitrogens is 1. The summed E-state index contributed by atoms with van der Waals surface area (Å²) in [4.78, 5) is 13.4. The van der Waals surface area contributed by atoms with E-state index in [1.807, 2.05) is 0 Å². The molecular formula is C17H29NO3. The SMILES string of the molecule is CCCCCCCCCCCCOc1c[nH]c(C(=O)O)c1. The van der Waals surface area contributed by atoms with E-state index in [-0.39, 0.29) is 5.69 Å². The van der Waals surface area contributed by atoms with Gasteiger partial charge in [0.1, 0.15) is 11.4 Å². The van der Waals surface area contributed by atoms with Crippen molar-refractivity contribution in [3.05, 3.63) is 18.0 Å². The van der Waals surface area contributed by atoms with Crippen molar-refractivity contribution in [2.24, 2.45) is 0 Å².